The molecule has 2 N–H and O–H groups in total. The molecule has 0 unspecified atom stereocenters. The molecule has 5 rings (SSSR count). The summed E-state index contributed by atoms with van der Waals surface area (Å²) in [6, 6.07) is 7.54. The van der Waals surface area contributed by atoms with Gasteiger partial charge in [-0.05, 0) is 47.7 Å². The van der Waals surface area contributed by atoms with Crippen molar-refractivity contribution in [3.8, 4) is 11.5 Å². The number of fused-ring (bicyclic) bond motifs is 4. The molecule has 138 valence electrons. The van der Waals surface area contributed by atoms with Crippen LogP contribution in [0.1, 0.15) is 39.9 Å². The fourth-order valence-corrected chi connectivity index (χ4v) is 5.36. The van der Waals surface area contributed by atoms with Crippen molar-refractivity contribution in [2.45, 2.75) is 18.4 Å². The third kappa shape index (κ3) is 2.67. The molecule has 7 heteroatoms. The Bertz CT molecular complexity index is 1000. The van der Waals surface area contributed by atoms with Crippen molar-refractivity contribution >= 4 is 43.5 Å². The molecule has 0 fully saturated rings. The monoisotopic (exact) mass is 491 g/mol. The van der Waals surface area contributed by atoms with Crippen LogP contribution in [0.4, 0.5) is 5.69 Å². The van der Waals surface area contributed by atoms with Crippen LogP contribution in [0.3, 0.4) is 0 Å². The molecule has 2 heterocycles. The molecule has 0 bridgehead atoms. The Kier molecular flexibility index (Phi) is 3.98. The number of nitrogens with one attached hydrogen (secondary N) is 1. The summed E-state index contributed by atoms with van der Waals surface area (Å²) < 4.78 is 12.7. The number of rotatable bonds is 2. The molecule has 0 saturated heterocycles. The van der Waals surface area contributed by atoms with Crippen LogP contribution in [0.25, 0.3) is 0 Å². The molecule has 2 aromatic rings. The van der Waals surface area contributed by atoms with Crippen molar-refractivity contribution in [1.29, 1.82) is 0 Å². The van der Waals surface area contributed by atoms with Gasteiger partial charge in [-0.15, -0.1) is 0 Å². The number of carboxylic acid groups (broad SMARTS) is 1. The van der Waals surface area contributed by atoms with Crippen LogP contribution in [0.15, 0.2) is 45.4 Å². The summed E-state index contributed by atoms with van der Waals surface area (Å²) in [7, 11) is 0. The lowest BCUT2D eigenvalue weighted by Gasteiger charge is -2.38. The molecule has 1 aliphatic carbocycles. The van der Waals surface area contributed by atoms with Gasteiger partial charge in [0, 0.05) is 14.9 Å². The van der Waals surface area contributed by atoms with Crippen molar-refractivity contribution in [1.82, 2.24) is 0 Å². The van der Waals surface area contributed by atoms with E-state index in [1.165, 1.54) is 0 Å². The number of hydrogen-bond acceptors (Lipinski definition) is 4. The molecule has 3 aliphatic rings. The Labute approximate surface area is 172 Å². The highest BCUT2D eigenvalue weighted by Gasteiger charge is 2.40. The first-order chi connectivity index (χ1) is 13.0. The number of carbonyl (C=O) groups is 1. The highest BCUT2D eigenvalue weighted by Crippen LogP contribution is 2.53. The molecular weight excluding hydrogens is 478 g/mol. The molecule has 3 atom stereocenters. The van der Waals surface area contributed by atoms with E-state index in [1.54, 1.807) is 6.07 Å². The first-order valence-electron chi connectivity index (χ1n) is 8.62. The first-order valence-corrected chi connectivity index (χ1v) is 10.2. The SMILES string of the molecule is O=C(O)c1cc(Br)cc2c1N[C@@H](c1cc3c(cc1Br)OCO3)[C@H]1CC=C[C@@H]21. The van der Waals surface area contributed by atoms with Crippen molar-refractivity contribution < 1.29 is 19.4 Å². The summed E-state index contributed by atoms with van der Waals surface area (Å²) >= 11 is 7.12. The van der Waals surface area contributed by atoms with Crippen LogP contribution in [-0.4, -0.2) is 17.9 Å². The zero-order valence-electron chi connectivity index (χ0n) is 14.0. The van der Waals surface area contributed by atoms with Crippen LogP contribution < -0.4 is 14.8 Å². The number of anilines is 1. The van der Waals surface area contributed by atoms with Gasteiger partial charge in [0.15, 0.2) is 11.5 Å². The highest BCUT2D eigenvalue weighted by atomic mass is 79.9. The molecule has 27 heavy (non-hydrogen) atoms. The largest absolute Gasteiger partial charge is 0.478 e. The van der Waals surface area contributed by atoms with Gasteiger partial charge in [-0.2, -0.15) is 0 Å². The number of ether oxygens (including phenoxy) is 2. The quantitative estimate of drug-likeness (QED) is 0.544. The highest BCUT2D eigenvalue weighted by molar-refractivity contribution is 9.10. The van der Waals surface area contributed by atoms with Crippen LogP contribution >= 0.6 is 31.9 Å². The van der Waals surface area contributed by atoms with Gasteiger partial charge >= 0.3 is 5.97 Å². The van der Waals surface area contributed by atoms with Gasteiger partial charge in [0.05, 0.1) is 17.3 Å². The fourth-order valence-electron chi connectivity index (χ4n) is 4.31. The summed E-state index contributed by atoms with van der Waals surface area (Å²) in [6.45, 7) is 0.219. The van der Waals surface area contributed by atoms with Crippen LogP contribution in [0.5, 0.6) is 11.5 Å². The van der Waals surface area contributed by atoms with E-state index in [-0.39, 0.29) is 24.3 Å². The van der Waals surface area contributed by atoms with E-state index in [4.69, 9.17) is 9.47 Å². The number of carboxylic acids is 1. The summed E-state index contributed by atoms with van der Waals surface area (Å²) in [6.07, 6.45) is 5.30. The zero-order chi connectivity index (χ0) is 18.7. The van der Waals surface area contributed by atoms with Gasteiger partial charge in [-0.25, -0.2) is 4.79 Å². The average molecular weight is 493 g/mol. The molecule has 0 amide bonds. The van der Waals surface area contributed by atoms with Crippen LogP contribution in [0.2, 0.25) is 0 Å². The maximum absolute atomic E-state index is 11.9. The number of benzene rings is 2. The Morgan fingerprint density at radius 2 is 1.89 bits per heavy atom. The van der Waals surface area contributed by atoms with Crippen LogP contribution in [0, 0.1) is 5.92 Å². The van der Waals surface area contributed by atoms with Gasteiger partial charge < -0.3 is 19.9 Å². The Morgan fingerprint density at radius 3 is 2.67 bits per heavy atom. The maximum Gasteiger partial charge on any atom is 0.337 e. The Hall–Kier alpha value is -1.99. The molecule has 2 aromatic carbocycles. The van der Waals surface area contributed by atoms with E-state index in [0.29, 0.717) is 11.6 Å². The Balaban J connectivity index is 1.66. The van der Waals surface area contributed by atoms with E-state index in [1.807, 2.05) is 18.2 Å². The second-order valence-corrected chi connectivity index (χ2v) is 8.70. The minimum atomic E-state index is -0.941. The fraction of sp³-hybridized carbons (Fsp3) is 0.250. The van der Waals surface area contributed by atoms with E-state index < -0.39 is 5.97 Å². The normalized spacial score (nSPS) is 24.3. The lowest BCUT2D eigenvalue weighted by molar-refractivity contribution is 0.0697. The zero-order valence-corrected chi connectivity index (χ0v) is 17.2. The predicted octanol–water partition coefficient (Wildman–Crippen LogP) is 5.47. The molecule has 5 nitrogen and oxygen atoms in total. The molecule has 0 aromatic heterocycles. The predicted molar refractivity (Wildman–Crippen MR) is 108 cm³/mol. The van der Waals surface area contributed by atoms with Gasteiger partial charge in [-0.3, -0.25) is 0 Å². The Morgan fingerprint density at radius 1 is 1.11 bits per heavy atom. The smallest absolute Gasteiger partial charge is 0.337 e. The minimum Gasteiger partial charge on any atom is -0.478 e. The number of allylic oxidation sites excluding steroid dienone is 2. The summed E-state index contributed by atoms with van der Waals surface area (Å²) in [5.41, 5.74) is 3.03. The second-order valence-electron chi connectivity index (χ2n) is 6.93. The van der Waals surface area contributed by atoms with Crippen molar-refractivity contribution in [2.24, 2.45) is 5.92 Å². The van der Waals surface area contributed by atoms with E-state index in [9.17, 15) is 9.90 Å². The van der Waals surface area contributed by atoms with Crippen LogP contribution in [-0.2, 0) is 0 Å². The third-order valence-electron chi connectivity index (χ3n) is 5.49. The summed E-state index contributed by atoms with van der Waals surface area (Å²) in [4.78, 5) is 11.9. The number of halogens is 2. The van der Waals surface area contributed by atoms with Gasteiger partial charge in [0.2, 0.25) is 6.79 Å². The lowest BCUT2D eigenvalue weighted by Crippen LogP contribution is -2.30. The van der Waals surface area contributed by atoms with E-state index in [2.05, 4.69) is 49.3 Å². The average Bonchev–Trinajstić information content (AvgIpc) is 3.28. The number of hydrogen-bond donors (Lipinski definition) is 2. The molecule has 2 aliphatic heterocycles. The maximum atomic E-state index is 11.9. The molecule has 0 radical (unpaired) electrons. The van der Waals surface area contributed by atoms with Crippen molar-refractivity contribution in [3.05, 3.63) is 62.1 Å². The number of aromatic carboxylic acids is 1. The van der Waals surface area contributed by atoms with E-state index in [0.717, 1.165) is 38.0 Å². The molecular formula is C20H15Br2NO4. The van der Waals surface area contributed by atoms with Gasteiger partial charge in [-0.1, -0.05) is 44.0 Å². The molecule has 0 saturated carbocycles. The van der Waals surface area contributed by atoms with Crippen molar-refractivity contribution in [2.75, 3.05) is 12.1 Å². The minimum absolute atomic E-state index is 0.0411. The summed E-state index contributed by atoms with van der Waals surface area (Å²) in [5, 5.41) is 13.2. The van der Waals surface area contributed by atoms with Crippen molar-refractivity contribution in [3.63, 3.8) is 0 Å². The lowest BCUT2D eigenvalue weighted by atomic mass is 9.76. The molecule has 0 spiro atoms. The second kappa shape index (κ2) is 6.27. The third-order valence-corrected chi connectivity index (χ3v) is 6.64. The topological polar surface area (TPSA) is 67.8 Å². The van der Waals surface area contributed by atoms with Gasteiger partial charge in [0.1, 0.15) is 0 Å². The summed E-state index contributed by atoms with van der Waals surface area (Å²) in [5.74, 6) is 0.962. The van der Waals surface area contributed by atoms with Gasteiger partial charge in [0.25, 0.3) is 0 Å². The standard InChI is InChI=1S/C20H15Br2NO4/c21-9-4-12-10-2-1-3-11(10)18(23-19(12)14(5-9)20(24)25)13-6-16-17(7-15(13)22)27-8-26-16/h1-2,4-7,10-11,18,23H,3,8H2,(H,24,25)/t10-,11+,18-/m1/s1. The van der Waals surface area contributed by atoms with E-state index >= 15 is 0 Å². The first kappa shape index (κ1) is 17.1.